The van der Waals surface area contributed by atoms with E-state index in [0.717, 1.165) is 17.6 Å². The number of rotatable bonds is 4. The molecule has 1 saturated heterocycles. The molecule has 0 saturated carbocycles. The summed E-state index contributed by atoms with van der Waals surface area (Å²) in [6.07, 6.45) is 0. The maximum absolute atomic E-state index is 12.8. The van der Waals surface area contributed by atoms with E-state index in [-0.39, 0.29) is 22.2 Å². The summed E-state index contributed by atoms with van der Waals surface area (Å²) in [7, 11) is 0. The molecule has 1 aliphatic heterocycles. The van der Waals surface area contributed by atoms with Crippen LogP contribution in [0.15, 0.2) is 42.5 Å². The van der Waals surface area contributed by atoms with Crippen LogP contribution in [0.3, 0.4) is 0 Å². The monoisotopic (exact) mass is 405 g/mol. The predicted octanol–water partition coefficient (Wildman–Crippen LogP) is 3.69. The SMILES string of the molecule is O=C(Nc1ccccc1C(=O)N1CCSCC1)c1ccc([N+](=O)[O-])cc1Cl. The summed E-state index contributed by atoms with van der Waals surface area (Å²) in [5.74, 6) is 1.10. The molecule has 0 atom stereocenters. The predicted molar refractivity (Wildman–Crippen MR) is 106 cm³/mol. The van der Waals surface area contributed by atoms with E-state index in [1.807, 2.05) is 0 Å². The summed E-state index contributed by atoms with van der Waals surface area (Å²) in [6, 6.07) is 10.4. The number of halogens is 1. The molecule has 27 heavy (non-hydrogen) atoms. The summed E-state index contributed by atoms with van der Waals surface area (Å²) in [6.45, 7) is 1.33. The molecule has 0 aliphatic carbocycles. The number of benzene rings is 2. The van der Waals surface area contributed by atoms with Gasteiger partial charge in [0.25, 0.3) is 17.5 Å². The topological polar surface area (TPSA) is 92.6 Å². The summed E-state index contributed by atoms with van der Waals surface area (Å²) in [5.41, 5.74) is 0.671. The van der Waals surface area contributed by atoms with Crippen molar-refractivity contribution in [3.8, 4) is 0 Å². The fraction of sp³-hybridized carbons (Fsp3) is 0.222. The van der Waals surface area contributed by atoms with Gasteiger partial charge in [-0.3, -0.25) is 19.7 Å². The minimum atomic E-state index is -0.585. The summed E-state index contributed by atoms with van der Waals surface area (Å²) in [4.78, 5) is 37.3. The van der Waals surface area contributed by atoms with Crippen LogP contribution in [0.5, 0.6) is 0 Å². The first kappa shape index (κ1) is 19.2. The summed E-state index contributed by atoms with van der Waals surface area (Å²) in [5, 5.41) is 13.5. The highest BCUT2D eigenvalue weighted by molar-refractivity contribution is 7.99. The van der Waals surface area contributed by atoms with E-state index in [4.69, 9.17) is 11.6 Å². The molecule has 2 aromatic rings. The molecule has 1 N–H and O–H groups in total. The van der Waals surface area contributed by atoms with Crippen LogP contribution in [0.4, 0.5) is 11.4 Å². The number of nitro benzene ring substituents is 1. The number of para-hydroxylation sites is 1. The molecule has 0 bridgehead atoms. The number of nitrogens with one attached hydrogen (secondary N) is 1. The molecule has 1 aliphatic rings. The molecule has 1 fully saturated rings. The van der Waals surface area contributed by atoms with Gasteiger partial charge in [0.15, 0.2) is 0 Å². The number of anilines is 1. The van der Waals surface area contributed by atoms with E-state index < -0.39 is 10.8 Å². The van der Waals surface area contributed by atoms with Gasteiger partial charge in [-0.25, -0.2) is 0 Å². The lowest BCUT2D eigenvalue weighted by Crippen LogP contribution is -2.38. The zero-order valence-electron chi connectivity index (χ0n) is 14.2. The Morgan fingerprint density at radius 1 is 1.11 bits per heavy atom. The van der Waals surface area contributed by atoms with Gasteiger partial charge in [0, 0.05) is 36.7 Å². The van der Waals surface area contributed by atoms with Crippen molar-refractivity contribution in [2.24, 2.45) is 0 Å². The van der Waals surface area contributed by atoms with Gasteiger partial charge < -0.3 is 10.2 Å². The van der Waals surface area contributed by atoms with Gasteiger partial charge in [0.2, 0.25) is 0 Å². The normalized spacial score (nSPS) is 13.9. The Morgan fingerprint density at radius 2 is 1.81 bits per heavy atom. The van der Waals surface area contributed by atoms with Crippen LogP contribution in [-0.4, -0.2) is 46.2 Å². The zero-order valence-corrected chi connectivity index (χ0v) is 15.8. The molecular formula is C18H16ClN3O4S. The lowest BCUT2D eigenvalue weighted by atomic mass is 10.1. The van der Waals surface area contributed by atoms with Crippen molar-refractivity contribution in [3.63, 3.8) is 0 Å². The second-order valence-corrected chi connectivity index (χ2v) is 7.46. The van der Waals surface area contributed by atoms with Gasteiger partial charge in [-0.05, 0) is 18.2 Å². The number of non-ortho nitro benzene ring substituents is 1. The Kier molecular flexibility index (Phi) is 5.98. The Balaban J connectivity index is 1.82. The van der Waals surface area contributed by atoms with Gasteiger partial charge in [-0.15, -0.1) is 0 Å². The molecule has 2 amide bonds. The van der Waals surface area contributed by atoms with Crippen LogP contribution in [0.2, 0.25) is 5.02 Å². The highest BCUT2D eigenvalue weighted by atomic mass is 35.5. The van der Waals surface area contributed by atoms with Crippen molar-refractivity contribution in [1.82, 2.24) is 4.90 Å². The van der Waals surface area contributed by atoms with Crippen LogP contribution in [0.1, 0.15) is 20.7 Å². The Bertz CT molecular complexity index is 900. The first-order valence-electron chi connectivity index (χ1n) is 8.18. The lowest BCUT2D eigenvalue weighted by molar-refractivity contribution is -0.384. The van der Waals surface area contributed by atoms with E-state index in [1.54, 1.807) is 40.9 Å². The maximum Gasteiger partial charge on any atom is 0.270 e. The number of hydrogen-bond acceptors (Lipinski definition) is 5. The number of carbonyl (C=O) groups excluding carboxylic acids is 2. The Hall–Kier alpha value is -2.58. The molecule has 140 valence electrons. The van der Waals surface area contributed by atoms with Crippen LogP contribution >= 0.6 is 23.4 Å². The minimum absolute atomic E-state index is 0.0291. The van der Waals surface area contributed by atoms with Crippen LogP contribution in [-0.2, 0) is 0 Å². The lowest BCUT2D eigenvalue weighted by Gasteiger charge is -2.27. The average molecular weight is 406 g/mol. The third kappa shape index (κ3) is 4.40. The van der Waals surface area contributed by atoms with Gasteiger partial charge in [0.1, 0.15) is 0 Å². The van der Waals surface area contributed by atoms with Gasteiger partial charge in [-0.2, -0.15) is 11.8 Å². The number of nitro groups is 1. The van der Waals surface area contributed by atoms with Crippen molar-refractivity contribution in [1.29, 1.82) is 0 Å². The molecule has 0 radical (unpaired) electrons. The number of hydrogen-bond donors (Lipinski definition) is 1. The second-order valence-electron chi connectivity index (χ2n) is 5.83. The summed E-state index contributed by atoms with van der Waals surface area (Å²) < 4.78 is 0. The van der Waals surface area contributed by atoms with Crippen molar-refractivity contribution >= 4 is 46.6 Å². The largest absolute Gasteiger partial charge is 0.337 e. The first-order chi connectivity index (χ1) is 13.0. The number of amides is 2. The van der Waals surface area contributed by atoms with Crippen molar-refractivity contribution < 1.29 is 14.5 Å². The quantitative estimate of drug-likeness (QED) is 0.618. The molecular weight excluding hydrogens is 390 g/mol. The van der Waals surface area contributed by atoms with E-state index >= 15 is 0 Å². The molecule has 0 spiro atoms. The molecule has 1 heterocycles. The number of carbonyl (C=O) groups is 2. The number of nitrogens with zero attached hydrogens (tertiary/aromatic N) is 2. The second kappa shape index (κ2) is 8.41. The minimum Gasteiger partial charge on any atom is -0.337 e. The van der Waals surface area contributed by atoms with Crippen molar-refractivity contribution in [2.45, 2.75) is 0 Å². The Labute approximate surface area is 164 Å². The molecule has 0 aromatic heterocycles. The third-order valence-electron chi connectivity index (χ3n) is 4.11. The van der Waals surface area contributed by atoms with Crippen molar-refractivity contribution in [2.75, 3.05) is 29.9 Å². The highest BCUT2D eigenvalue weighted by Crippen LogP contribution is 2.25. The average Bonchev–Trinajstić information content (AvgIpc) is 2.68. The van der Waals surface area contributed by atoms with Crippen LogP contribution in [0, 0.1) is 10.1 Å². The van der Waals surface area contributed by atoms with Gasteiger partial charge in [-0.1, -0.05) is 23.7 Å². The molecule has 9 heteroatoms. The molecule has 7 nitrogen and oxygen atoms in total. The van der Waals surface area contributed by atoms with E-state index in [9.17, 15) is 19.7 Å². The number of thioether (sulfide) groups is 1. The fourth-order valence-corrected chi connectivity index (χ4v) is 3.87. The first-order valence-corrected chi connectivity index (χ1v) is 9.72. The molecule has 3 rings (SSSR count). The fourth-order valence-electron chi connectivity index (χ4n) is 2.71. The molecule has 2 aromatic carbocycles. The maximum atomic E-state index is 12.8. The van der Waals surface area contributed by atoms with E-state index in [2.05, 4.69) is 5.32 Å². The van der Waals surface area contributed by atoms with Crippen molar-refractivity contribution in [3.05, 3.63) is 68.7 Å². The standard InChI is InChI=1S/C18H16ClN3O4S/c19-15-11-12(22(25)26)5-6-13(15)17(23)20-16-4-2-1-3-14(16)18(24)21-7-9-27-10-8-21/h1-6,11H,7-10H2,(H,20,23). The van der Waals surface area contributed by atoms with E-state index in [0.29, 0.717) is 24.3 Å². The van der Waals surface area contributed by atoms with E-state index in [1.165, 1.54) is 12.1 Å². The summed E-state index contributed by atoms with van der Waals surface area (Å²) >= 11 is 7.82. The molecule has 0 unspecified atom stereocenters. The van der Waals surface area contributed by atoms with Crippen LogP contribution < -0.4 is 5.32 Å². The third-order valence-corrected chi connectivity index (χ3v) is 5.37. The smallest absolute Gasteiger partial charge is 0.270 e. The highest BCUT2D eigenvalue weighted by Gasteiger charge is 2.22. The van der Waals surface area contributed by atoms with Gasteiger partial charge >= 0.3 is 0 Å². The zero-order chi connectivity index (χ0) is 19.4. The Morgan fingerprint density at radius 3 is 2.48 bits per heavy atom. The van der Waals surface area contributed by atoms with Gasteiger partial charge in [0.05, 0.1) is 26.8 Å². The van der Waals surface area contributed by atoms with Crippen LogP contribution in [0.25, 0.3) is 0 Å².